The van der Waals surface area contributed by atoms with Crippen molar-refractivity contribution < 1.29 is 9.59 Å². The Bertz CT molecular complexity index is 469. The lowest BCUT2D eigenvalue weighted by atomic mass is 10.2. The Morgan fingerprint density at radius 3 is 2.72 bits per heavy atom. The van der Waals surface area contributed by atoms with Crippen LogP contribution in [-0.4, -0.2) is 24.9 Å². The smallest absolute Gasteiger partial charge is 0.244 e. The fourth-order valence-corrected chi connectivity index (χ4v) is 1.38. The van der Waals surface area contributed by atoms with Crippen molar-refractivity contribution in [2.24, 2.45) is 0 Å². The lowest BCUT2D eigenvalue weighted by Gasteiger charge is -2.10. The third kappa shape index (κ3) is 4.29. The first kappa shape index (κ1) is 13.8. The standard InChI is InChI=1S/C13H17N3O2/c1-9(13(18)15-2)16-12(17)7-6-10-4-3-5-11(14)8-10/h3-9H,14H2,1-2H3,(H,15,18)(H,16,17)/b7-6+. The molecule has 0 aromatic heterocycles. The lowest BCUT2D eigenvalue weighted by Crippen LogP contribution is -2.42. The van der Waals surface area contributed by atoms with Crippen LogP contribution in [0.5, 0.6) is 0 Å². The Labute approximate surface area is 106 Å². The monoisotopic (exact) mass is 247 g/mol. The van der Waals surface area contributed by atoms with Crippen molar-refractivity contribution in [3.63, 3.8) is 0 Å². The van der Waals surface area contributed by atoms with E-state index in [4.69, 9.17) is 5.73 Å². The summed E-state index contributed by atoms with van der Waals surface area (Å²) < 4.78 is 0. The fraction of sp³-hybridized carbons (Fsp3) is 0.231. The van der Waals surface area contributed by atoms with Gasteiger partial charge in [-0.25, -0.2) is 0 Å². The van der Waals surface area contributed by atoms with Gasteiger partial charge in [0.05, 0.1) is 0 Å². The Balaban J connectivity index is 2.57. The van der Waals surface area contributed by atoms with E-state index in [1.807, 2.05) is 6.07 Å². The molecule has 0 saturated carbocycles. The van der Waals surface area contributed by atoms with Crippen molar-refractivity contribution in [1.82, 2.24) is 10.6 Å². The molecule has 0 heterocycles. The zero-order valence-corrected chi connectivity index (χ0v) is 10.4. The Morgan fingerprint density at radius 2 is 2.11 bits per heavy atom. The molecule has 0 aliphatic rings. The number of nitrogens with one attached hydrogen (secondary N) is 2. The molecule has 0 spiro atoms. The third-order valence-corrected chi connectivity index (χ3v) is 2.34. The number of nitrogen functional groups attached to an aromatic ring is 1. The number of benzene rings is 1. The van der Waals surface area contributed by atoms with Crippen molar-refractivity contribution >= 4 is 23.6 Å². The van der Waals surface area contributed by atoms with Crippen LogP contribution in [0.4, 0.5) is 5.69 Å². The molecule has 1 rings (SSSR count). The minimum Gasteiger partial charge on any atom is -0.399 e. The van der Waals surface area contributed by atoms with E-state index < -0.39 is 6.04 Å². The molecule has 4 N–H and O–H groups in total. The van der Waals surface area contributed by atoms with Crippen LogP contribution in [0.1, 0.15) is 12.5 Å². The first-order valence-corrected chi connectivity index (χ1v) is 5.58. The van der Waals surface area contributed by atoms with Gasteiger partial charge in [0.2, 0.25) is 11.8 Å². The molecule has 1 aromatic rings. The Kier molecular flexibility index (Phi) is 4.92. The third-order valence-electron chi connectivity index (χ3n) is 2.34. The summed E-state index contributed by atoms with van der Waals surface area (Å²) in [5, 5.41) is 5.00. The van der Waals surface area contributed by atoms with Crippen molar-refractivity contribution in [3.05, 3.63) is 35.9 Å². The first-order chi connectivity index (χ1) is 8.52. The number of hydrogen-bond donors (Lipinski definition) is 3. The maximum atomic E-state index is 11.5. The van der Waals surface area contributed by atoms with Gasteiger partial charge in [-0.2, -0.15) is 0 Å². The predicted octanol–water partition coefficient (Wildman–Crippen LogP) is 0.533. The number of likely N-dealkylation sites (N-methyl/N-ethyl adjacent to an activating group) is 1. The molecule has 0 saturated heterocycles. The number of carbonyl (C=O) groups is 2. The molecule has 0 aliphatic heterocycles. The molecule has 1 unspecified atom stereocenters. The number of amides is 2. The minimum absolute atomic E-state index is 0.235. The van der Waals surface area contributed by atoms with E-state index in [2.05, 4.69) is 10.6 Å². The normalized spacial score (nSPS) is 12.1. The van der Waals surface area contributed by atoms with Gasteiger partial charge >= 0.3 is 0 Å². The summed E-state index contributed by atoms with van der Waals surface area (Å²) >= 11 is 0. The molecular weight excluding hydrogens is 230 g/mol. The highest BCUT2D eigenvalue weighted by Gasteiger charge is 2.11. The second-order valence-corrected chi connectivity index (χ2v) is 3.85. The second kappa shape index (κ2) is 6.44. The topological polar surface area (TPSA) is 84.2 Å². The first-order valence-electron chi connectivity index (χ1n) is 5.58. The van der Waals surface area contributed by atoms with E-state index in [1.165, 1.54) is 13.1 Å². The van der Waals surface area contributed by atoms with E-state index in [0.717, 1.165) is 5.56 Å². The molecule has 1 atom stereocenters. The molecule has 2 amide bonds. The number of anilines is 1. The number of rotatable bonds is 4. The minimum atomic E-state index is -0.562. The molecule has 5 heteroatoms. The summed E-state index contributed by atoms with van der Waals surface area (Å²) in [6.07, 6.45) is 3.01. The molecule has 96 valence electrons. The SMILES string of the molecule is CNC(=O)C(C)NC(=O)/C=C/c1cccc(N)c1. The lowest BCUT2D eigenvalue weighted by molar-refractivity contribution is -0.126. The van der Waals surface area contributed by atoms with Crippen molar-refractivity contribution in [1.29, 1.82) is 0 Å². The molecule has 1 aromatic carbocycles. The number of hydrogen-bond acceptors (Lipinski definition) is 3. The second-order valence-electron chi connectivity index (χ2n) is 3.85. The van der Waals surface area contributed by atoms with Gasteiger partial charge in [-0.05, 0) is 30.7 Å². The summed E-state index contributed by atoms with van der Waals surface area (Å²) in [6.45, 7) is 1.62. The van der Waals surface area contributed by atoms with Crippen LogP contribution in [0.15, 0.2) is 30.3 Å². The maximum Gasteiger partial charge on any atom is 0.244 e. The summed E-state index contributed by atoms with van der Waals surface area (Å²) in [6, 6.07) is 6.60. The van der Waals surface area contributed by atoms with E-state index in [-0.39, 0.29) is 11.8 Å². The van der Waals surface area contributed by atoms with Crippen LogP contribution in [0.2, 0.25) is 0 Å². The van der Waals surface area contributed by atoms with E-state index in [0.29, 0.717) is 5.69 Å². The Hall–Kier alpha value is -2.30. The van der Waals surface area contributed by atoms with Gasteiger partial charge in [-0.1, -0.05) is 12.1 Å². The highest BCUT2D eigenvalue weighted by Crippen LogP contribution is 2.07. The van der Waals surface area contributed by atoms with Crippen molar-refractivity contribution in [2.45, 2.75) is 13.0 Å². The number of carbonyl (C=O) groups excluding carboxylic acids is 2. The molecule has 0 bridgehead atoms. The van der Waals surface area contributed by atoms with Gasteiger partial charge in [0.25, 0.3) is 0 Å². The largest absolute Gasteiger partial charge is 0.399 e. The summed E-state index contributed by atoms with van der Waals surface area (Å²) in [5.41, 5.74) is 7.08. The van der Waals surface area contributed by atoms with Crippen LogP contribution in [0, 0.1) is 0 Å². The van der Waals surface area contributed by atoms with Gasteiger partial charge in [0.1, 0.15) is 6.04 Å². The van der Waals surface area contributed by atoms with E-state index >= 15 is 0 Å². The summed E-state index contributed by atoms with van der Waals surface area (Å²) in [4.78, 5) is 22.7. The van der Waals surface area contributed by atoms with Crippen LogP contribution in [-0.2, 0) is 9.59 Å². The predicted molar refractivity (Wildman–Crippen MR) is 71.6 cm³/mol. The van der Waals surface area contributed by atoms with Gasteiger partial charge in [-0.15, -0.1) is 0 Å². The fourth-order valence-electron chi connectivity index (χ4n) is 1.38. The van der Waals surface area contributed by atoms with Crippen LogP contribution in [0.25, 0.3) is 6.08 Å². The van der Waals surface area contributed by atoms with Crippen molar-refractivity contribution in [2.75, 3.05) is 12.8 Å². The van der Waals surface area contributed by atoms with Crippen LogP contribution < -0.4 is 16.4 Å². The van der Waals surface area contributed by atoms with Gasteiger partial charge < -0.3 is 16.4 Å². The average Bonchev–Trinajstić information content (AvgIpc) is 2.35. The molecule has 18 heavy (non-hydrogen) atoms. The maximum absolute atomic E-state index is 11.5. The molecule has 0 fully saturated rings. The summed E-state index contributed by atoms with van der Waals surface area (Å²) in [5.74, 6) is -0.561. The Morgan fingerprint density at radius 1 is 1.39 bits per heavy atom. The highest BCUT2D eigenvalue weighted by molar-refractivity contribution is 5.95. The average molecular weight is 247 g/mol. The van der Waals surface area contributed by atoms with Gasteiger partial charge in [-0.3, -0.25) is 9.59 Å². The van der Waals surface area contributed by atoms with Crippen molar-refractivity contribution in [3.8, 4) is 0 Å². The quantitative estimate of drug-likeness (QED) is 0.536. The van der Waals surface area contributed by atoms with Gasteiger partial charge in [0.15, 0.2) is 0 Å². The van der Waals surface area contributed by atoms with Crippen LogP contribution >= 0.6 is 0 Å². The summed E-state index contributed by atoms with van der Waals surface area (Å²) in [7, 11) is 1.52. The molecule has 0 radical (unpaired) electrons. The zero-order valence-electron chi connectivity index (χ0n) is 10.4. The van der Waals surface area contributed by atoms with E-state index in [1.54, 1.807) is 31.2 Å². The zero-order chi connectivity index (χ0) is 13.5. The van der Waals surface area contributed by atoms with Crippen LogP contribution in [0.3, 0.4) is 0 Å². The van der Waals surface area contributed by atoms with E-state index in [9.17, 15) is 9.59 Å². The van der Waals surface area contributed by atoms with Gasteiger partial charge in [0, 0.05) is 18.8 Å². The molecular formula is C13H17N3O2. The molecule has 5 nitrogen and oxygen atoms in total. The molecule has 0 aliphatic carbocycles. The highest BCUT2D eigenvalue weighted by atomic mass is 16.2. The number of nitrogens with two attached hydrogens (primary N) is 1.